The van der Waals surface area contributed by atoms with Gasteiger partial charge in [0.2, 0.25) is 17.5 Å². The molecule has 0 spiro atoms. The maximum absolute atomic E-state index is 15.7. The number of nitrogens with one attached hydrogen (secondary N) is 1. The molecule has 3 aliphatic carbocycles. The average molecular weight is 922 g/mol. The Kier molecular flexibility index (Phi) is 15.1. The fourth-order valence-corrected chi connectivity index (χ4v) is 13.7. The molecule has 1 aromatic heterocycles. The van der Waals surface area contributed by atoms with Gasteiger partial charge in [-0.2, -0.15) is 30.1 Å². The molecule has 0 bridgehead atoms. The number of hydrogen-bond donors (Lipinski definition) is 2. The van der Waals surface area contributed by atoms with Crippen molar-refractivity contribution in [1.82, 2.24) is 40.4 Å². The molecule has 3 N–H and O–H groups in total. The number of rotatable bonds is 12. The fraction of sp³-hybridized carbons (Fsp3) is 0.882. The van der Waals surface area contributed by atoms with Crippen LogP contribution in [0.3, 0.4) is 0 Å². The third-order valence-corrected chi connectivity index (χ3v) is 15.8. The lowest BCUT2D eigenvalue weighted by molar-refractivity contribution is -0.321. The van der Waals surface area contributed by atoms with Crippen LogP contribution in [0, 0.1) is 0 Å². The number of hydrogen-bond acceptors (Lipinski definition) is 12. The molecule has 66 heavy (non-hydrogen) atoms. The lowest BCUT2D eigenvalue weighted by atomic mass is 9.74. The maximum Gasteiger partial charge on any atom is 0.292 e. The first-order valence-electron chi connectivity index (χ1n) is 25.9. The van der Waals surface area contributed by atoms with Crippen molar-refractivity contribution < 1.29 is 28.9 Å². The zero-order chi connectivity index (χ0) is 48.0. The van der Waals surface area contributed by atoms with Crippen molar-refractivity contribution in [2.24, 2.45) is 5.73 Å². The Morgan fingerprint density at radius 3 is 1.12 bits per heavy atom. The van der Waals surface area contributed by atoms with Crippen molar-refractivity contribution in [3.63, 3.8) is 0 Å². The lowest BCUT2D eigenvalue weighted by Crippen LogP contribution is -2.69. The minimum atomic E-state index is -0.937. The van der Waals surface area contributed by atoms with Crippen molar-refractivity contribution in [3.05, 3.63) is 17.5 Å². The van der Waals surface area contributed by atoms with E-state index in [0.29, 0.717) is 38.5 Å². The smallest absolute Gasteiger partial charge is 0.292 e. The molecule has 4 heterocycles. The Balaban J connectivity index is 1.19. The van der Waals surface area contributed by atoms with Crippen LogP contribution in [0.1, 0.15) is 250 Å². The van der Waals surface area contributed by atoms with Gasteiger partial charge in [-0.3, -0.25) is 28.9 Å². The van der Waals surface area contributed by atoms with Crippen molar-refractivity contribution >= 4 is 17.7 Å². The van der Waals surface area contributed by atoms with Crippen LogP contribution in [0.15, 0.2) is 0 Å². The lowest BCUT2D eigenvalue weighted by Gasteiger charge is -2.60. The SMILES string of the molecule is CC1(C)CC(NC(=O)c2nc(C(N)=O)nc(C(=O)N(C3CC(C)(C)N(OC4CCCCC4)C(C)(C)C3)C3CC(C)(C)N(OC4CCCCC4)C(C)(C)C3)n2)CC(C)(C)N1OC1CCCCC1. The minimum Gasteiger partial charge on any atom is -0.363 e. The zero-order valence-electron chi connectivity index (χ0n) is 43.0. The Morgan fingerprint density at radius 2 is 0.788 bits per heavy atom. The molecule has 15 nitrogen and oxygen atoms in total. The summed E-state index contributed by atoms with van der Waals surface area (Å²) in [6.45, 7) is 26.3. The molecule has 0 aromatic carbocycles. The molecule has 372 valence electrons. The predicted octanol–water partition coefficient (Wildman–Crippen LogP) is 9.00. The van der Waals surface area contributed by atoms with Crippen molar-refractivity contribution in [2.45, 2.75) is 288 Å². The Bertz CT molecular complexity index is 1770. The van der Waals surface area contributed by atoms with E-state index in [1.807, 2.05) is 4.90 Å². The standard InChI is InChI=1S/C51H87N9O6/c1-46(2)28-34(29-47(3,4)58(46)64-37-22-16-13-17-23-37)53-44(62)42-54-41(40(52)61)55-43(56-42)45(63)57(35-30-48(5,6)59(49(7,8)31-35)65-38-24-18-14-19-25-38)36-32-50(9,10)60(51(11,12)33-36)66-39-26-20-15-21-27-39/h34-39H,13-33H2,1-12H3,(H2,52,61)(H,53,62). The fourth-order valence-electron chi connectivity index (χ4n) is 13.7. The second kappa shape index (κ2) is 19.5. The largest absolute Gasteiger partial charge is 0.363 e. The van der Waals surface area contributed by atoms with Crippen LogP contribution in [0.2, 0.25) is 0 Å². The summed E-state index contributed by atoms with van der Waals surface area (Å²) in [7, 11) is 0. The van der Waals surface area contributed by atoms with Gasteiger partial charge >= 0.3 is 0 Å². The molecule has 6 aliphatic rings. The molecule has 0 unspecified atom stereocenters. The first-order chi connectivity index (χ1) is 30.8. The monoisotopic (exact) mass is 922 g/mol. The highest BCUT2D eigenvalue weighted by Gasteiger charge is 2.55. The summed E-state index contributed by atoms with van der Waals surface area (Å²) in [5.74, 6) is -2.93. The molecule has 0 radical (unpaired) electrons. The number of primary amides is 1. The Morgan fingerprint density at radius 1 is 0.485 bits per heavy atom. The van der Waals surface area contributed by atoms with Crippen LogP contribution in [-0.4, -0.2) is 122 Å². The van der Waals surface area contributed by atoms with Crippen molar-refractivity contribution in [3.8, 4) is 0 Å². The third-order valence-electron chi connectivity index (χ3n) is 15.8. The normalized spacial score (nSPS) is 27.3. The average Bonchev–Trinajstić information content (AvgIpc) is 3.22. The van der Waals surface area contributed by atoms with Gasteiger partial charge in [-0.1, -0.05) is 57.8 Å². The predicted molar refractivity (Wildman–Crippen MR) is 255 cm³/mol. The van der Waals surface area contributed by atoms with E-state index in [2.05, 4.69) is 119 Å². The highest BCUT2D eigenvalue weighted by molar-refractivity contribution is 5.97. The van der Waals surface area contributed by atoms with E-state index in [0.717, 1.165) is 38.5 Å². The molecule has 6 fully saturated rings. The van der Waals surface area contributed by atoms with Gasteiger partial charge in [0.05, 0.1) is 18.3 Å². The second-order valence-corrected chi connectivity index (χ2v) is 24.9. The molecule has 0 atom stereocenters. The number of amides is 3. The van der Waals surface area contributed by atoms with E-state index in [4.69, 9.17) is 20.2 Å². The Hall–Kier alpha value is -2.82. The summed E-state index contributed by atoms with van der Waals surface area (Å²) in [6.07, 6.45) is 21.3. The summed E-state index contributed by atoms with van der Waals surface area (Å²) in [4.78, 5) is 79.0. The quantitative estimate of drug-likeness (QED) is 0.205. The summed E-state index contributed by atoms with van der Waals surface area (Å²) in [5.41, 5.74) is 3.31. The highest BCUT2D eigenvalue weighted by Crippen LogP contribution is 2.47. The van der Waals surface area contributed by atoms with Gasteiger partial charge in [-0.05, 0) is 160 Å². The van der Waals surface area contributed by atoms with E-state index in [1.165, 1.54) is 57.8 Å². The molecule has 3 saturated heterocycles. The molecular formula is C51H87N9O6. The number of hydroxylamine groups is 6. The van der Waals surface area contributed by atoms with Gasteiger partial charge in [0.25, 0.3) is 17.7 Å². The van der Waals surface area contributed by atoms with Crippen LogP contribution in [0.5, 0.6) is 0 Å². The van der Waals surface area contributed by atoms with Crippen LogP contribution in [0.4, 0.5) is 0 Å². The van der Waals surface area contributed by atoms with Gasteiger partial charge < -0.3 is 16.0 Å². The number of carbonyl (C=O) groups excluding carboxylic acids is 3. The molecule has 1 aromatic rings. The van der Waals surface area contributed by atoms with Gasteiger partial charge in [-0.25, -0.2) is 0 Å². The van der Waals surface area contributed by atoms with E-state index in [9.17, 15) is 9.59 Å². The highest BCUT2D eigenvalue weighted by atomic mass is 16.7. The summed E-state index contributed by atoms with van der Waals surface area (Å²) in [6, 6.07) is -0.769. The Labute approximate surface area is 396 Å². The summed E-state index contributed by atoms with van der Waals surface area (Å²) in [5, 5.41) is 9.78. The first kappa shape index (κ1) is 51.0. The number of carbonyl (C=O) groups is 3. The third kappa shape index (κ3) is 11.4. The van der Waals surface area contributed by atoms with Crippen molar-refractivity contribution in [1.29, 1.82) is 0 Å². The van der Waals surface area contributed by atoms with Gasteiger partial charge in [0.1, 0.15) is 0 Å². The van der Waals surface area contributed by atoms with E-state index < -0.39 is 56.8 Å². The van der Waals surface area contributed by atoms with E-state index >= 15 is 4.79 Å². The van der Waals surface area contributed by atoms with Gasteiger partial charge in [0.15, 0.2) is 0 Å². The number of nitrogens with zero attached hydrogens (tertiary/aromatic N) is 7. The molecular weight excluding hydrogens is 835 g/mol. The topological polar surface area (TPSA) is 169 Å². The van der Waals surface area contributed by atoms with E-state index in [-0.39, 0.29) is 48.1 Å². The van der Waals surface area contributed by atoms with Crippen LogP contribution >= 0.6 is 0 Å². The molecule has 15 heteroatoms. The first-order valence-corrected chi connectivity index (χ1v) is 25.9. The number of aromatic nitrogens is 3. The zero-order valence-corrected chi connectivity index (χ0v) is 43.0. The van der Waals surface area contributed by atoms with Gasteiger partial charge in [0, 0.05) is 51.4 Å². The van der Waals surface area contributed by atoms with E-state index in [1.54, 1.807) is 0 Å². The van der Waals surface area contributed by atoms with Crippen LogP contribution < -0.4 is 11.1 Å². The maximum atomic E-state index is 15.7. The van der Waals surface area contributed by atoms with Gasteiger partial charge in [-0.15, -0.1) is 0 Å². The van der Waals surface area contributed by atoms with Crippen LogP contribution in [-0.2, 0) is 14.5 Å². The number of piperidine rings is 3. The second-order valence-electron chi connectivity index (χ2n) is 24.9. The van der Waals surface area contributed by atoms with Crippen molar-refractivity contribution in [2.75, 3.05) is 0 Å². The summed E-state index contributed by atoms with van der Waals surface area (Å²) < 4.78 is 0. The molecule has 7 rings (SSSR count). The molecule has 3 aliphatic heterocycles. The summed E-state index contributed by atoms with van der Waals surface area (Å²) >= 11 is 0. The van der Waals surface area contributed by atoms with Crippen LogP contribution in [0.25, 0.3) is 0 Å². The molecule has 3 saturated carbocycles. The molecule has 3 amide bonds. The number of nitrogens with two attached hydrogens (primary N) is 1. The minimum absolute atomic E-state index is 0.170.